The van der Waals surface area contributed by atoms with Gasteiger partial charge in [-0.2, -0.15) is 0 Å². The Labute approximate surface area is 128 Å². The largest absolute Gasteiger partial charge is 0.395 e. The molecule has 0 radical (unpaired) electrons. The van der Waals surface area contributed by atoms with Crippen LogP contribution >= 0.6 is 0 Å². The van der Waals surface area contributed by atoms with Gasteiger partial charge < -0.3 is 5.11 Å². The van der Waals surface area contributed by atoms with Gasteiger partial charge in [0, 0.05) is 37.1 Å². The second-order valence-corrected chi connectivity index (χ2v) is 7.15. The predicted octanol–water partition coefficient (Wildman–Crippen LogP) is 2.11. The molecular weight excluding hydrogens is 260 g/mol. The highest BCUT2D eigenvalue weighted by Gasteiger charge is 2.38. The zero-order chi connectivity index (χ0) is 14.9. The Hall–Kier alpha value is -0.900. The molecule has 3 unspecified atom stereocenters. The van der Waals surface area contributed by atoms with E-state index in [4.69, 9.17) is 0 Å². The second kappa shape index (κ2) is 6.07. The molecule has 0 bridgehead atoms. The maximum atomic E-state index is 10.0. The molecule has 1 N–H and O–H groups in total. The van der Waals surface area contributed by atoms with E-state index in [0.717, 1.165) is 19.1 Å². The van der Waals surface area contributed by atoms with Gasteiger partial charge in [-0.15, -0.1) is 0 Å². The molecular formula is C18H28N2O. The van der Waals surface area contributed by atoms with Crippen LogP contribution < -0.4 is 0 Å². The molecule has 1 aromatic rings. The molecule has 3 nitrogen and oxygen atoms in total. The molecule has 2 fully saturated rings. The van der Waals surface area contributed by atoms with Crippen molar-refractivity contribution in [3.8, 4) is 0 Å². The number of aliphatic hydroxyl groups is 1. The topological polar surface area (TPSA) is 26.7 Å². The van der Waals surface area contributed by atoms with E-state index in [0.29, 0.717) is 6.04 Å². The van der Waals surface area contributed by atoms with Crippen molar-refractivity contribution in [2.24, 2.45) is 0 Å². The first kappa shape index (κ1) is 15.0. The molecule has 2 aliphatic rings. The van der Waals surface area contributed by atoms with E-state index in [1.807, 2.05) is 6.07 Å². The van der Waals surface area contributed by atoms with E-state index >= 15 is 0 Å². The Morgan fingerprint density at radius 3 is 2.71 bits per heavy atom. The highest BCUT2D eigenvalue weighted by Crippen LogP contribution is 2.29. The van der Waals surface area contributed by atoms with Gasteiger partial charge in [0.1, 0.15) is 0 Å². The SMILES string of the molecule is CC1CN2CCCC2CN1CC(C)(CO)c1ccccc1. The van der Waals surface area contributed by atoms with E-state index in [9.17, 15) is 5.11 Å². The van der Waals surface area contributed by atoms with Gasteiger partial charge in [-0.1, -0.05) is 37.3 Å². The summed E-state index contributed by atoms with van der Waals surface area (Å²) in [6.45, 7) is 9.28. The summed E-state index contributed by atoms with van der Waals surface area (Å²) in [5.74, 6) is 0. The van der Waals surface area contributed by atoms with Gasteiger partial charge in [-0.3, -0.25) is 9.80 Å². The molecule has 116 valence electrons. The second-order valence-electron chi connectivity index (χ2n) is 7.15. The molecule has 0 aromatic heterocycles. The van der Waals surface area contributed by atoms with Crippen molar-refractivity contribution in [1.82, 2.24) is 9.80 Å². The van der Waals surface area contributed by atoms with E-state index in [2.05, 4.69) is 47.9 Å². The molecule has 2 saturated heterocycles. The highest BCUT2D eigenvalue weighted by atomic mass is 16.3. The quantitative estimate of drug-likeness (QED) is 0.919. The maximum Gasteiger partial charge on any atom is 0.0537 e. The lowest BCUT2D eigenvalue weighted by Crippen LogP contribution is -2.58. The smallest absolute Gasteiger partial charge is 0.0537 e. The summed E-state index contributed by atoms with van der Waals surface area (Å²) < 4.78 is 0. The number of hydrogen-bond donors (Lipinski definition) is 1. The van der Waals surface area contributed by atoms with Gasteiger partial charge in [0.2, 0.25) is 0 Å². The van der Waals surface area contributed by atoms with Gasteiger partial charge in [0.05, 0.1) is 6.61 Å². The number of nitrogens with zero attached hydrogens (tertiary/aromatic N) is 2. The average molecular weight is 288 g/mol. The summed E-state index contributed by atoms with van der Waals surface area (Å²) in [7, 11) is 0. The molecule has 1 aromatic carbocycles. The summed E-state index contributed by atoms with van der Waals surface area (Å²) in [6, 6.07) is 11.8. The first-order chi connectivity index (χ1) is 10.1. The van der Waals surface area contributed by atoms with Gasteiger partial charge >= 0.3 is 0 Å². The van der Waals surface area contributed by atoms with Crippen molar-refractivity contribution in [2.45, 2.75) is 44.2 Å². The Morgan fingerprint density at radius 1 is 1.24 bits per heavy atom. The molecule has 3 rings (SSSR count). The standard InChI is InChI=1S/C18H28N2O/c1-15-11-19-10-6-9-17(19)12-20(15)13-18(2,14-21)16-7-4-3-5-8-16/h3-5,7-8,15,17,21H,6,9-14H2,1-2H3. The van der Waals surface area contributed by atoms with Crippen LogP contribution in [0.25, 0.3) is 0 Å². The van der Waals surface area contributed by atoms with Gasteiger partial charge in [-0.25, -0.2) is 0 Å². The van der Waals surface area contributed by atoms with Crippen molar-refractivity contribution in [2.75, 3.05) is 32.8 Å². The fourth-order valence-corrected chi connectivity index (χ4v) is 3.99. The summed E-state index contributed by atoms with van der Waals surface area (Å²) in [5.41, 5.74) is 1.07. The molecule has 3 heteroatoms. The minimum Gasteiger partial charge on any atom is -0.395 e. The maximum absolute atomic E-state index is 10.0. The van der Waals surface area contributed by atoms with E-state index in [1.165, 1.54) is 31.5 Å². The monoisotopic (exact) mass is 288 g/mol. The van der Waals surface area contributed by atoms with E-state index in [1.54, 1.807) is 0 Å². The van der Waals surface area contributed by atoms with Crippen LogP contribution in [0, 0.1) is 0 Å². The summed E-state index contributed by atoms with van der Waals surface area (Å²) in [6.07, 6.45) is 2.69. The van der Waals surface area contributed by atoms with Crippen molar-refractivity contribution in [1.29, 1.82) is 0 Å². The fourth-order valence-electron chi connectivity index (χ4n) is 3.99. The van der Waals surface area contributed by atoms with E-state index in [-0.39, 0.29) is 12.0 Å². The van der Waals surface area contributed by atoms with Gasteiger partial charge in [-0.05, 0) is 31.9 Å². The number of piperazine rings is 1. The van der Waals surface area contributed by atoms with Crippen LogP contribution in [0.3, 0.4) is 0 Å². The number of benzene rings is 1. The molecule has 3 atom stereocenters. The molecule has 0 saturated carbocycles. The first-order valence-electron chi connectivity index (χ1n) is 8.27. The molecule has 2 aliphatic heterocycles. The summed E-state index contributed by atoms with van der Waals surface area (Å²) in [5, 5.41) is 10.0. The molecule has 2 heterocycles. The minimum absolute atomic E-state index is 0.170. The number of aliphatic hydroxyl groups excluding tert-OH is 1. The van der Waals surface area contributed by atoms with Crippen LogP contribution in [-0.2, 0) is 5.41 Å². The Balaban J connectivity index is 1.74. The number of hydrogen-bond acceptors (Lipinski definition) is 3. The number of fused-ring (bicyclic) bond motifs is 1. The predicted molar refractivity (Wildman–Crippen MR) is 86.5 cm³/mol. The van der Waals surface area contributed by atoms with Crippen LogP contribution in [0.1, 0.15) is 32.3 Å². The lowest BCUT2D eigenvalue weighted by molar-refractivity contribution is 0.0337. The lowest BCUT2D eigenvalue weighted by Gasteiger charge is -2.45. The molecule has 0 amide bonds. The van der Waals surface area contributed by atoms with Crippen molar-refractivity contribution < 1.29 is 5.11 Å². The third-order valence-corrected chi connectivity index (χ3v) is 5.44. The fraction of sp³-hybridized carbons (Fsp3) is 0.667. The van der Waals surface area contributed by atoms with Crippen LogP contribution in [-0.4, -0.2) is 59.8 Å². The van der Waals surface area contributed by atoms with Crippen molar-refractivity contribution in [3.63, 3.8) is 0 Å². The molecule has 0 spiro atoms. The third kappa shape index (κ3) is 3.01. The summed E-state index contributed by atoms with van der Waals surface area (Å²) in [4.78, 5) is 5.25. The van der Waals surface area contributed by atoms with Gasteiger partial charge in [0.15, 0.2) is 0 Å². The zero-order valence-corrected chi connectivity index (χ0v) is 13.3. The molecule has 0 aliphatic carbocycles. The van der Waals surface area contributed by atoms with Crippen molar-refractivity contribution in [3.05, 3.63) is 35.9 Å². The third-order valence-electron chi connectivity index (χ3n) is 5.44. The minimum atomic E-state index is -0.170. The normalized spacial score (nSPS) is 30.0. The van der Waals surface area contributed by atoms with Crippen LogP contribution in [0.4, 0.5) is 0 Å². The van der Waals surface area contributed by atoms with Gasteiger partial charge in [0.25, 0.3) is 0 Å². The van der Waals surface area contributed by atoms with E-state index < -0.39 is 0 Å². The van der Waals surface area contributed by atoms with Crippen LogP contribution in [0.2, 0.25) is 0 Å². The van der Waals surface area contributed by atoms with Crippen LogP contribution in [0.15, 0.2) is 30.3 Å². The Kier molecular flexibility index (Phi) is 4.34. The zero-order valence-electron chi connectivity index (χ0n) is 13.3. The van der Waals surface area contributed by atoms with Crippen LogP contribution in [0.5, 0.6) is 0 Å². The molecule has 21 heavy (non-hydrogen) atoms. The lowest BCUT2D eigenvalue weighted by atomic mass is 9.82. The average Bonchev–Trinajstić information content (AvgIpc) is 2.95. The first-order valence-corrected chi connectivity index (χ1v) is 8.27. The van der Waals surface area contributed by atoms with Crippen molar-refractivity contribution >= 4 is 0 Å². The summed E-state index contributed by atoms with van der Waals surface area (Å²) >= 11 is 0. The Morgan fingerprint density at radius 2 is 2.00 bits per heavy atom. The Bertz CT molecular complexity index is 464. The number of rotatable bonds is 4. The highest BCUT2D eigenvalue weighted by molar-refractivity contribution is 5.25.